The lowest BCUT2D eigenvalue weighted by molar-refractivity contribution is 0.299. The molecule has 17 aromatic carbocycles. The Morgan fingerprint density at radius 2 is 0.507 bits per heavy atom. The first-order chi connectivity index (χ1) is 70.3. The highest BCUT2D eigenvalue weighted by Crippen LogP contribution is 2.48. The van der Waals surface area contributed by atoms with Crippen molar-refractivity contribution in [2.45, 2.75) is 183 Å². The molecule has 2 N–H and O–H groups in total. The van der Waals surface area contributed by atoms with Crippen molar-refractivity contribution in [1.29, 1.82) is 0 Å². The van der Waals surface area contributed by atoms with Gasteiger partial charge >= 0.3 is 0 Å². The van der Waals surface area contributed by atoms with Crippen LogP contribution in [0.3, 0.4) is 0 Å². The van der Waals surface area contributed by atoms with Crippen LogP contribution in [0.1, 0.15) is 149 Å². The van der Waals surface area contributed by atoms with Crippen molar-refractivity contribution < 1.29 is 66.8 Å². The van der Waals surface area contributed by atoms with Crippen LogP contribution in [0.15, 0.2) is 515 Å². The molecule has 18 aromatic rings. The van der Waals surface area contributed by atoms with Crippen LogP contribution in [0.5, 0.6) is 11.5 Å². The third-order valence-corrected chi connectivity index (χ3v) is 36.1. The van der Waals surface area contributed by atoms with Crippen LogP contribution in [0, 0.1) is 0 Å². The second-order valence-electron chi connectivity index (χ2n) is 34.4. The van der Waals surface area contributed by atoms with Crippen molar-refractivity contribution in [2.24, 2.45) is 0 Å². The number of phenolic OH excluding ortho intramolecular Hbond substituents is 1. The third kappa shape index (κ3) is 35.8. The molecule has 0 spiro atoms. The number of benzene rings is 17. The molecule has 23 heteroatoms. The highest BCUT2D eigenvalue weighted by Gasteiger charge is 2.32. The van der Waals surface area contributed by atoms with E-state index in [0.717, 1.165) is 43.2 Å². The summed E-state index contributed by atoms with van der Waals surface area (Å²) in [5.41, 5.74) is 8.03. The lowest BCUT2D eigenvalue weighted by atomic mass is 9.98. The second-order valence-corrected chi connectivity index (χ2v) is 48.0. The molecule has 0 fully saturated rings. The monoisotopic (exact) mass is 2100 g/mol. The van der Waals surface area contributed by atoms with E-state index in [1.807, 2.05) is 60.7 Å². The van der Waals surface area contributed by atoms with Gasteiger partial charge in [-0.3, -0.25) is 0 Å². The SMILES string of the molecule is CCC(C)c1ccc(COc2ccc(S(=O)(=O)[O-])cc2)cc1.CCC(C)c1ccc(CS(=O)(=O)[O-])cc1.CCC(C)c1ccc(CS(=O)(=O)[O-])cc1.CCC(C)c1ccc(S(=O)(=O)[O-])cc1.OCCc1ccc(-[s+]2c3ccccc3c3ccccc32)cc1.Oc1ccc([S+](c2ccccc2)c2ccccc2)cc1.c1ccc([S+](c2ccccc2)c2ccccc2)cc1.c1ccc([S+](c2ccccc2)c2ccccc2)cc1. The molecule has 4 unspecified atom stereocenters. The summed E-state index contributed by atoms with van der Waals surface area (Å²) in [6, 6.07) is 153. The van der Waals surface area contributed by atoms with Crippen molar-refractivity contribution in [3.05, 3.63) is 506 Å². The number of fused-ring (bicyclic) bond motifs is 3. The van der Waals surface area contributed by atoms with Crippen molar-refractivity contribution in [1.82, 2.24) is 0 Å². The lowest BCUT2D eigenvalue weighted by Gasteiger charge is -2.11. The van der Waals surface area contributed by atoms with E-state index in [4.69, 9.17) is 9.84 Å². The highest BCUT2D eigenvalue weighted by molar-refractivity contribution is 7.97. The van der Waals surface area contributed by atoms with Crippen LogP contribution in [0.2, 0.25) is 0 Å². The molecule has 0 aliphatic carbocycles. The number of aromatic hydroxyl groups is 1. The van der Waals surface area contributed by atoms with Gasteiger partial charge in [-0.2, -0.15) is 0 Å². The number of phenols is 1. The minimum atomic E-state index is -4.41. The smallest absolute Gasteiger partial charge is 0.187 e. The predicted octanol–water partition coefficient (Wildman–Crippen LogP) is 29.6. The molecule has 15 nitrogen and oxygen atoms in total. The van der Waals surface area contributed by atoms with Gasteiger partial charge in [-0.1, -0.05) is 322 Å². The van der Waals surface area contributed by atoms with E-state index in [9.17, 15) is 57.0 Å². The predicted molar refractivity (Wildman–Crippen MR) is 596 cm³/mol. The van der Waals surface area contributed by atoms with Gasteiger partial charge in [-0.15, -0.1) is 0 Å². The zero-order chi connectivity index (χ0) is 104. The molecule has 0 aliphatic heterocycles. The third-order valence-electron chi connectivity index (χ3n) is 24.0. The summed E-state index contributed by atoms with van der Waals surface area (Å²) >= 11 is 0. The molecule has 0 bridgehead atoms. The van der Waals surface area contributed by atoms with Gasteiger partial charge in [-0.25, -0.2) is 33.7 Å². The number of aliphatic hydroxyl groups excluding tert-OH is 1. The Labute approximate surface area is 874 Å². The first-order valence-corrected chi connectivity index (χ1v) is 59.1. The minimum absolute atomic E-state index is 0.0146. The maximum absolute atomic E-state index is 10.8. The number of hydrogen-bond donors (Lipinski definition) is 2. The fourth-order valence-electron chi connectivity index (χ4n) is 15.3. The van der Waals surface area contributed by atoms with Gasteiger partial charge < -0.3 is 33.2 Å². The molecular formula is C123H124O15S8. The number of thiophene rings is 1. The lowest BCUT2D eigenvalue weighted by Crippen LogP contribution is -2.04. The fourth-order valence-corrected chi connectivity index (χ4v) is 26.1. The fraction of sp³-hybridized carbons (Fsp3) is 0.171. The van der Waals surface area contributed by atoms with Crippen LogP contribution in [-0.2, 0) is 97.7 Å². The molecule has 0 amide bonds. The zero-order valence-corrected chi connectivity index (χ0v) is 89.6. The van der Waals surface area contributed by atoms with E-state index in [-0.39, 0.29) is 59.6 Å². The van der Waals surface area contributed by atoms with Gasteiger partial charge in [0.15, 0.2) is 58.4 Å². The minimum Gasteiger partial charge on any atom is -0.748 e. The van der Waals surface area contributed by atoms with Crippen molar-refractivity contribution >= 4 is 104 Å². The second kappa shape index (κ2) is 57.4. The largest absolute Gasteiger partial charge is 0.748 e. The number of aliphatic hydroxyl groups is 1. The van der Waals surface area contributed by atoms with Crippen LogP contribution in [0.25, 0.3) is 25.1 Å². The molecule has 18 rings (SSSR count). The van der Waals surface area contributed by atoms with Crippen molar-refractivity contribution in [2.75, 3.05) is 6.61 Å². The van der Waals surface area contributed by atoms with E-state index in [1.165, 1.54) is 128 Å². The molecular weight excluding hydrogens is 1970 g/mol. The molecule has 1 heterocycles. The van der Waals surface area contributed by atoms with Crippen LogP contribution >= 0.6 is 10.5 Å². The van der Waals surface area contributed by atoms with E-state index in [1.54, 1.807) is 48.5 Å². The summed E-state index contributed by atoms with van der Waals surface area (Å²) in [6.45, 7) is 17.5. The van der Waals surface area contributed by atoms with Crippen molar-refractivity contribution in [3.8, 4) is 16.4 Å². The molecule has 0 aliphatic rings. The van der Waals surface area contributed by atoms with Crippen molar-refractivity contribution in [3.63, 3.8) is 0 Å². The summed E-state index contributed by atoms with van der Waals surface area (Å²) in [5, 5.41) is 21.3. The zero-order valence-electron chi connectivity index (χ0n) is 83.0. The quantitative estimate of drug-likeness (QED) is 0.0326. The molecule has 754 valence electrons. The Morgan fingerprint density at radius 3 is 0.760 bits per heavy atom. The Bertz CT molecular complexity index is 6930. The van der Waals surface area contributed by atoms with E-state index in [0.29, 0.717) is 52.9 Å². The Hall–Kier alpha value is -12.8. The average molecular weight is 2100 g/mol. The Balaban J connectivity index is 0.000000160. The van der Waals surface area contributed by atoms with Gasteiger partial charge in [0.1, 0.15) is 38.3 Å². The topological polar surface area (TPSA) is 278 Å². The van der Waals surface area contributed by atoms with Crippen LogP contribution in [0.4, 0.5) is 0 Å². The molecule has 146 heavy (non-hydrogen) atoms. The first-order valence-electron chi connectivity index (χ1n) is 48.2. The molecule has 0 saturated heterocycles. The van der Waals surface area contributed by atoms with Crippen LogP contribution in [-0.4, -0.2) is 68.7 Å². The normalized spacial score (nSPS) is 12.0. The van der Waals surface area contributed by atoms with Gasteiger partial charge in [0.2, 0.25) is 0 Å². The summed E-state index contributed by atoms with van der Waals surface area (Å²) < 4.78 is 136. The maximum Gasteiger partial charge on any atom is 0.187 e. The van der Waals surface area contributed by atoms with Gasteiger partial charge in [0.05, 0.1) is 74.2 Å². The summed E-state index contributed by atoms with van der Waals surface area (Å²) in [5.74, 6) is 1.83. The summed E-state index contributed by atoms with van der Waals surface area (Å²) in [4.78, 5) is 12.9. The van der Waals surface area contributed by atoms with E-state index < -0.39 is 52.0 Å². The van der Waals surface area contributed by atoms with Crippen LogP contribution < -0.4 is 4.74 Å². The first kappa shape index (κ1) is 114. The summed E-state index contributed by atoms with van der Waals surface area (Å²) in [6.07, 6.45) is 4.90. The maximum atomic E-state index is 10.8. The standard InChI is InChI=1S/C20H17OS.C18H14OS.2C18H15S.C17H20O4S.2C11H16O3S.C10H14O3S/c21-14-13-15-9-11-16(12-10-15)22-19-7-3-1-5-17(19)18-6-2-4-8-20(18)22;19-15-11-13-18(14-12-15)20(16-7-3-1-4-8-16)17-9-5-2-6-10-17;2*1-4-10-16(11-5-1)19(17-12-6-2-7-13-17)18-14-8-3-9-15-18;1-3-13(2)15-6-4-14(5-7-15)12-21-16-8-10-17(11-9-16)22(18,19)20;2*1-3-9(2)11-6-4-10(5-7-11)8-15(12,13)14;1-3-8(2)9-4-6-10(7-5-9)14(11,12)13/h1-12,21H,13-14H2;1-14H;2*1-15H;4-11,13H,3,12H2,1-2H3,(H,18,19,20);2*4-7,9H,3,8H2,1-2H3,(H,12,13,14);4-8H,3H2,1-2H3,(H,11,12,13)/q+1;;2*+1;;;;/p-3. The average Bonchev–Trinajstić information content (AvgIpc) is 1.60. The van der Waals surface area contributed by atoms with E-state index in [2.05, 4.69) is 371 Å². The highest BCUT2D eigenvalue weighted by atomic mass is 32.2. The number of rotatable bonds is 29. The summed E-state index contributed by atoms with van der Waals surface area (Å²) in [7, 11) is -17.2. The molecule has 0 radical (unpaired) electrons. The van der Waals surface area contributed by atoms with Gasteiger partial charge in [0, 0.05) is 27.8 Å². The Morgan fingerprint density at radius 1 is 0.274 bits per heavy atom. The van der Waals surface area contributed by atoms with Gasteiger partial charge in [-0.05, 0) is 294 Å². The number of hydrogen-bond acceptors (Lipinski definition) is 15. The van der Waals surface area contributed by atoms with Gasteiger partial charge in [0.25, 0.3) is 0 Å². The molecule has 0 saturated carbocycles. The number of ether oxygens (including phenoxy) is 1. The molecule has 4 atom stereocenters. The Kier molecular flexibility index (Phi) is 44.6. The van der Waals surface area contributed by atoms with E-state index >= 15 is 0 Å². The molecule has 1 aromatic heterocycles.